The van der Waals surface area contributed by atoms with E-state index in [4.69, 9.17) is 21.1 Å². The molecule has 1 amide bonds. The van der Waals surface area contributed by atoms with Gasteiger partial charge in [-0.1, -0.05) is 23.7 Å². The molecular formula is C21H21ClN2O3S. The third-order valence-corrected chi connectivity index (χ3v) is 5.34. The van der Waals surface area contributed by atoms with Crippen LogP contribution in [0, 0.1) is 0 Å². The van der Waals surface area contributed by atoms with Gasteiger partial charge < -0.3 is 9.47 Å². The first-order chi connectivity index (χ1) is 13.6. The highest BCUT2D eigenvalue weighted by molar-refractivity contribution is 8.18. The molecule has 1 aliphatic rings. The Labute approximate surface area is 174 Å². The van der Waals surface area contributed by atoms with Crippen molar-refractivity contribution in [1.82, 2.24) is 4.90 Å². The van der Waals surface area contributed by atoms with Gasteiger partial charge in [-0.3, -0.25) is 9.69 Å². The molecule has 2 aromatic carbocycles. The van der Waals surface area contributed by atoms with Gasteiger partial charge in [-0.25, -0.2) is 4.99 Å². The molecule has 0 unspecified atom stereocenters. The lowest BCUT2D eigenvalue weighted by atomic mass is 10.2. The van der Waals surface area contributed by atoms with Crippen LogP contribution in [0.4, 0.5) is 5.69 Å². The van der Waals surface area contributed by atoms with Gasteiger partial charge in [-0.15, -0.1) is 0 Å². The molecule has 0 aliphatic carbocycles. The molecule has 1 aliphatic heterocycles. The third-order valence-electron chi connectivity index (χ3n) is 4.08. The minimum Gasteiger partial charge on any atom is -0.497 e. The fourth-order valence-corrected chi connectivity index (χ4v) is 3.78. The van der Waals surface area contributed by atoms with Crippen molar-refractivity contribution in [3.8, 4) is 5.75 Å². The molecule has 0 spiro atoms. The number of nitrogens with zero attached hydrogens (tertiary/aromatic N) is 2. The third kappa shape index (κ3) is 5.16. The van der Waals surface area contributed by atoms with Crippen molar-refractivity contribution in [2.24, 2.45) is 4.99 Å². The summed E-state index contributed by atoms with van der Waals surface area (Å²) >= 11 is 7.32. The molecule has 1 saturated heterocycles. The fraction of sp³-hybridized carbons (Fsp3) is 0.238. The van der Waals surface area contributed by atoms with Gasteiger partial charge in [-0.2, -0.15) is 0 Å². The van der Waals surface area contributed by atoms with E-state index in [9.17, 15) is 4.79 Å². The van der Waals surface area contributed by atoms with E-state index in [-0.39, 0.29) is 5.91 Å². The monoisotopic (exact) mass is 416 g/mol. The Morgan fingerprint density at radius 2 is 1.82 bits per heavy atom. The summed E-state index contributed by atoms with van der Waals surface area (Å²) in [6.45, 7) is 1.13. The number of amides is 1. The molecule has 146 valence electrons. The van der Waals surface area contributed by atoms with Crippen LogP contribution in [-0.2, 0) is 9.53 Å². The van der Waals surface area contributed by atoms with Gasteiger partial charge in [-0.05, 0) is 66.2 Å². The molecule has 0 atom stereocenters. The second kappa shape index (κ2) is 9.78. The van der Waals surface area contributed by atoms with Gasteiger partial charge in [0, 0.05) is 25.3 Å². The number of rotatable bonds is 7. The highest BCUT2D eigenvalue weighted by atomic mass is 35.5. The number of aliphatic imine (C=N–C) groups is 1. The number of hydrogen-bond donors (Lipinski definition) is 0. The van der Waals surface area contributed by atoms with E-state index in [1.807, 2.05) is 42.5 Å². The Morgan fingerprint density at radius 1 is 1.11 bits per heavy atom. The lowest BCUT2D eigenvalue weighted by Gasteiger charge is -2.15. The molecule has 1 fully saturated rings. The van der Waals surface area contributed by atoms with Crippen LogP contribution in [0.2, 0.25) is 5.02 Å². The molecule has 5 nitrogen and oxygen atoms in total. The Balaban J connectivity index is 1.87. The van der Waals surface area contributed by atoms with E-state index in [0.717, 1.165) is 23.4 Å². The molecular weight excluding hydrogens is 396 g/mol. The molecule has 0 bridgehead atoms. The van der Waals surface area contributed by atoms with Gasteiger partial charge in [0.25, 0.3) is 5.91 Å². The van der Waals surface area contributed by atoms with Crippen molar-refractivity contribution in [2.75, 3.05) is 27.4 Å². The van der Waals surface area contributed by atoms with Crippen LogP contribution in [0.5, 0.6) is 5.75 Å². The highest BCUT2D eigenvalue weighted by Gasteiger charge is 2.33. The second-order valence-electron chi connectivity index (χ2n) is 6.06. The number of benzene rings is 2. The summed E-state index contributed by atoms with van der Waals surface area (Å²) in [5.74, 6) is 0.711. The zero-order chi connectivity index (χ0) is 19.9. The smallest absolute Gasteiger partial charge is 0.266 e. The van der Waals surface area contributed by atoms with E-state index in [1.54, 1.807) is 31.3 Å². The minimum atomic E-state index is -0.0525. The van der Waals surface area contributed by atoms with Crippen molar-refractivity contribution < 1.29 is 14.3 Å². The molecule has 0 saturated carbocycles. The van der Waals surface area contributed by atoms with Crippen molar-refractivity contribution in [2.45, 2.75) is 6.42 Å². The van der Waals surface area contributed by atoms with Crippen LogP contribution in [0.15, 0.2) is 58.4 Å². The number of halogens is 1. The summed E-state index contributed by atoms with van der Waals surface area (Å²) in [7, 11) is 3.27. The average Bonchev–Trinajstić information content (AvgIpc) is 2.99. The molecule has 7 heteroatoms. The van der Waals surface area contributed by atoms with Crippen LogP contribution in [0.3, 0.4) is 0 Å². The summed E-state index contributed by atoms with van der Waals surface area (Å²) in [6, 6.07) is 14.8. The first-order valence-electron chi connectivity index (χ1n) is 8.79. The topological polar surface area (TPSA) is 51.1 Å². The van der Waals surface area contributed by atoms with E-state index >= 15 is 0 Å². The van der Waals surface area contributed by atoms with Gasteiger partial charge in [0.15, 0.2) is 5.17 Å². The van der Waals surface area contributed by atoms with E-state index in [2.05, 4.69) is 4.99 Å². The van der Waals surface area contributed by atoms with E-state index in [1.165, 1.54) is 11.8 Å². The van der Waals surface area contributed by atoms with Crippen LogP contribution >= 0.6 is 23.4 Å². The van der Waals surface area contributed by atoms with E-state index in [0.29, 0.717) is 28.2 Å². The van der Waals surface area contributed by atoms with Gasteiger partial charge in [0.1, 0.15) is 5.75 Å². The number of methoxy groups -OCH3 is 2. The Kier molecular flexibility index (Phi) is 7.14. The molecule has 0 aromatic heterocycles. The Hall–Kier alpha value is -2.28. The molecule has 3 rings (SSSR count). The molecule has 28 heavy (non-hydrogen) atoms. The number of carbonyl (C=O) groups excluding carboxylic acids is 1. The summed E-state index contributed by atoms with van der Waals surface area (Å²) in [5.41, 5.74) is 1.68. The second-order valence-corrected chi connectivity index (χ2v) is 7.50. The number of thioether (sulfide) groups is 1. The largest absolute Gasteiger partial charge is 0.497 e. The molecule has 1 heterocycles. The van der Waals surface area contributed by atoms with Crippen LogP contribution in [-0.4, -0.2) is 43.3 Å². The van der Waals surface area contributed by atoms with Gasteiger partial charge >= 0.3 is 0 Å². The minimum absolute atomic E-state index is 0.0525. The number of amidine groups is 1. The van der Waals surface area contributed by atoms with Crippen molar-refractivity contribution >= 4 is 46.2 Å². The first-order valence-corrected chi connectivity index (χ1v) is 9.99. The van der Waals surface area contributed by atoms with Crippen LogP contribution in [0.25, 0.3) is 6.08 Å². The SMILES string of the molecule is COCCCN1C(=O)C(=Cc2ccc(Cl)cc2)SC1=Nc1ccc(OC)cc1. The summed E-state index contributed by atoms with van der Waals surface area (Å²) < 4.78 is 10.3. The zero-order valence-electron chi connectivity index (χ0n) is 15.7. The maximum atomic E-state index is 12.9. The lowest BCUT2D eigenvalue weighted by Crippen LogP contribution is -2.30. The Bertz CT molecular complexity index is 880. The quantitative estimate of drug-likeness (QED) is 0.471. The van der Waals surface area contributed by atoms with Gasteiger partial charge in [0.05, 0.1) is 17.7 Å². The standard InChI is InChI=1S/C21H21ClN2O3S/c1-26-13-3-12-24-20(25)19(14-15-4-6-16(22)7-5-15)28-21(24)23-17-8-10-18(27-2)11-9-17/h4-11,14H,3,12-13H2,1-2H3. The predicted molar refractivity (Wildman–Crippen MR) is 115 cm³/mol. The van der Waals surface area contributed by atoms with E-state index < -0.39 is 0 Å². The maximum Gasteiger partial charge on any atom is 0.266 e. The van der Waals surface area contributed by atoms with Crippen molar-refractivity contribution in [3.63, 3.8) is 0 Å². The first kappa shape index (κ1) is 20.5. The molecule has 0 N–H and O–H groups in total. The summed E-state index contributed by atoms with van der Waals surface area (Å²) in [6.07, 6.45) is 2.60. The average molecular weight is 417 g/mol. The van der Waals surface area contributed by atoms with Crippen LogP contribution in [0.1, 0.15) is 12.0 Å². The normalized spacial score (nSPS) is 17.0. The predicted octanol–water partition coefficient (Wildman–Crippen LogP) is 4.99. The number of ether oxygens (including phenoxy) is 2. The zero-order valence-corrected chi connectivity index (χ0v) is 17.3. The summed E-state index contributed by atoms with van der Waals surface area (Å²) in [4.78, 5) is 20.0. The van der Waals surface area contributed by atoms with Gasteiger partial charge in [0.2, 0.25) is 0 Å². The number of carbonyl (C=O) groups is 1. The maximum absolute atomic E-state index is 12.9. The van der Waals surface area contributed by atoms with Crippen molar-refractivity contribution in [1.29, 1.82) is 0 Å². The Morgan fingerprint density at radius 3 is 2.46 bits per heavy atom. The fourth-order valence-electron chi connectivity index (χ4n) is 2.63. The molecule has 0 radical (unpaired) electrons. The summed E-state index contributed by atoms with van der Waals surface area (Å²) in [5, 5.41) is 1.32. The number of hydrogen-bond acceptors (Lipinski definition) is 5. The van der Waals surface area contributed by atoms with Crippen molar-refractivity contribution in [3.05, 3.63) is 64.0 Å². The lowest BCUT2D eigenvalue weighted by molar-refractivity contribution is -0.122. The highest BCUT2D eigenvalue weighted by Crippen LogP contribution is 2.34. The molecule has 2 aromatic rings. The van der Waals surface area contributed by atoms with Crippen LogP contribution < -0.4 is 4.74 Å².